The van der Waals surface area contributed by atoms with Crippen LogP contribution in [0, 0.1) is 6.92 Å². The van der Waals surface area contributed by atoms with Gasteiger partial charge >= 0.3 is 0 Å². The van der Waals surface area contributed by atoms with Crippen molar-refractivity contribution in [3.63, 3.8) is 0 Å². The van der Waals surface area contributed by atoms with Crippen LogP contribution in [0.15, 0.2) is 36.7 Å². The van der Waals surface area contributed by atoms with Gasteiger partial charge < -0.3 is 9.80 Å². The molecule has 6 nitrogen and oxygen atoms in total. The predicted molar refractivity (Wildman–Crippen MR) is 112 cm³/mol. The zero-order valence-corrected chi connectivity index (χ0v) is 17.3. The van der Waals surface area contributed by atoms with Gasteiger partial charge in [-0.15, -0.1) is 0 Å². The van der Waals surface area contributed by atoms with E-state index < -0.39 is 6.43 Å². The van der Waals surface area contributed by atoms with Crippen molar-refractivity contribution in [2.75, 3.05) is 18.5 Å². The van der Waals surface area contributed by atoms with Crippen molar-refractivity contribution < 1.29 is 13.6 Å². The molecule has 0 saturated carbocycles. The summed E-state index contributed by atoms with van der Waals surface area (Å²) < 4.78 is 26.8. The van der Waals surface area contributed by atoms with Crippen molar-refractivity contribution >= 4 is 11.7 Å². The number of nitrogens with zero attached hydrogens (tertiary/aromatic N) is 5. The highest BCUT2D eigenvalue weighted by Crippen LogP contribution is 2.33. The second kappa shape index (κ2) is 7.37. The third-order valence-electron chi connectivity index (χ3n) is 5.92. The number of amides is 1. The monoisotopic (exact) mass is 421 g/mol. The number of hydrogen-bond acceptors (Lipinski definition) is 5. The molecule has 31 heavy (non-hydrogen) atoms. The normalized spacial score (nSPS) is 15.5. The lowest BCUT2D eigenvalue weighted by atomic mass is 9.99. The molecule has 0 radical (unpaired) electrons. The number of pyridine rings is 3. The van der Waals surface area contributed by atoms with Crippen LogP contribution in [-0.2, 0) is 19.5 Å². The first-order chi connectivity index (χ1) is 14.9. The fourth-order valence-corrected chi connectivity index (χ4v) is 4.36. The number of aryl methyl sites for hydroxylation is 1. The number of fused-ring (bicyclic) bond motifs is 2. The van der Waals surface area contributed by atoms with Crippen molar-refractivity contribution in [3.8, 4) is 11.1 Å². The summed E-state index contributed by atoms with van der Waals surface area (Å²) in [5.41, 5.74) is 5.17. The average molecular weight is 421 g/mol. The van der Waals surface area contributed by atoms with Crippen LogP contribution in [0.25, 0.3) is 11.1 Å². The van der Waals surface area contributed by atoms with Crippen molar-refractivity contribution in [3.05, 3.63) is 70.4 Å². The van der Waals surface area contributed by atoms with Crippen LogP contribution < -0.4 is 4.90 Å². The molecule has 5 rings (SSSR count). The minimum Gasteiger partial charge on any atom is -0.352 e. The van der Waals surface area contributed by atoms with E-state index in [1.54, 1.807) is 30.3 Å². The lowest BCUT2D eigenvalue weighted by molar-refractivity contribution is 0.0816. The number of carbonyl (C=O) groups is 1. The molecule has 8 heteroatoms. The van der Waals surface area contributed by atoms with Gasteiger partial charge in [-0.25, -0.2) is 13.8 Å². The molecule has 0 saturated heterocycles. The van der Waals surface area contributed by atoms with Gasteiger partial charge in [0.15, 0.2) is 0 Å². The van der Waals surface area contributed by atoms with Crippen LogP contribution >= 0.6 is 0 Å². The van der Waals surface area contributed by atoms with E-state index in [1.165, 1.54) is 6.20 Å². The summed E-state index contributed by atoms with van der Waals surface area (Å²) in [6.45, 7) is 3.81. The van der Waals surface area contributed by atoms with Gasteiger partial charge in [0.25, 0.3) is 12.3 Å². The van der Waals surface area contributed by atoms with Crippen LogP contribution in [0.1, 0.15) is 45.0 Å². The first kappa shape index (κ1) is 19.5. The van der Waals surface area contributed by atoms with Crippen molar-refractivity contribution in [1.29, 1.82) is 0 Å². The Kier molecular flexibility index (Phi) is 4.64. The summed E-state index contributed by atoms with van der Waals surface area (Å²) in [6.07, 6.45) is 1.12. The molecule has 0 fully saturated rings. The van der Waals surface area contributed by atoms with E-state index >= 15 is 0 Å². The molecule has 1 amide bonds. The maximum Gasteiger partial charge on any atom is 0.280 e. The Balaban J connectivity index is 1.49. The Labute approximate surface area is 178 Å². The second-order valence-corrected chi connectivity index (χ2v) is 8.02. The highest BCUT2D eigenvalue weighted by molar-refractivity contribution is 5.98. The van der Waals surface area contributed by atoms with Crippen LogP contribution in [0.5, 0.6) is 0 Å². The van der Waals surface area contributed by atoms with Gasteiger partial charge in [-0.1, -0.05) is 6.07 Å². The van der Waals surface area contributed by atoms with Crippen molar-refractivity contribution in [2.45, 2.75) is 32.9 Å². The van der Waals surface area contributed by atoms with E-state index in [9.17, 15) is 13.6 Å². The quantitative estimate of drug-likeness (QED) is 0.641. The summed E-state index contributed by atoms with van der Waals surface area (Å²) in [4.78, 5) is 29.3. The summed E-state index contributed by atoms with van der Waals surface area (Å²) in [6, 6.07) is 7.15. The Morgan fingerprint density at radius 3 is 2.74 bits per heavy atom. The highest BCUT2D eigenvalue weighted by Gasteiger charge is 2.29. The van der Waals surface area contributed by atoms with Gasteiger partial charge in [-0.3, -0.25) is 14.8 Å². The molecule has 3 aromatic heterocycles. The Morgan fingerprint density at radius 1 is 1.10 bits per heavy atom. The molecule has 0 spiro atoms. The predicted octanol–water partition coefficient (Wildman–Crippen LogP) is 3.93. The first-order valence-electron chi connectivity index (χ1n) is 10.1. The topological polar surface area (TPSA) is 62.2 Å². The number of hydrogen-bond donors (Lipinski definition) is 0. The van der Waals surface area contributed by atoms with E-state index in [0.717, 1.165) is 41.3 Å². The SMILES string of the molecule is Cc1cc2c(nc1N1CCc3ncc(-c4cccnc4C(F)F)cc3C1)CN(C)C2=O. The molecule has 0 atom stereocenters. The van der Waals surface area contributed by atoms with Gasteiger partial charge in [0.2, 0.25) is 0 Å². The fourth-order valence-electron chi connectivity index (χ4n) is 4.36. The Morgan fingerprint density at radius 2 is 1.94 bits per heavy atom. The van der Waals surface area contributed by atoms with Crippen LogP contribution in [-0.4, -0.2) is 39.4 Å². The third kappa shape index (κ3) is 3.32. The maximum absolute atomic E-state index is 13.4. The fraction of sp³-hybridized carbons (Fsp3) is 0.304. The summed E-state index contributed by atoms with van der Waals surface area (Å²) in [5.74, 6) is 0.855. The molecule has 5 heterocycles. The molecule has 2 aliphatic heterocycles. The summed E-state index contributed by atoms with van der Waals surface area (Å²) >= 11 is 0. The number of rotatable bonds is 3. The summed E-state index contributed by atoms with van der Waals surface area (Å²) in [5, 5.41) is 0. The van der Waals surface area contributed by atoms with Crippen LogP contribution in [0.3, 0.4) is 0 Å². The standard InChI is InChI=1S/C23H21F2N5O/c1-13-8-17-19(12-29(2)23(17)31)28-22(13)30-7-5-18-15(11-30)9-14(10-27-18)16-4-3-6-26-20(16)21(24)25/h3-4,6,8-10,21H,5,7,11-12H2,1-2H3. The maximum atomic E-state index is 13.4. The lowest BCUT2D eigenvalue weighted by Crippen LogP contribution is -2.32. The molecule has 0 bridgehead atoms. The van der Waals surface area contributed by atoms with Gasteiger partial charge in [-0.05, 0) is 36.2 Å². The van der Waals surface area contributed by atoms with Gasteiger partial charge in [0.1, 0.15) is 11.5 Å². The molecular formula is C23H21F2N5O. The number of aromatic nitrogens is 3. The molecule has 0 aliphatic carbocycles. The van der Waals surface area contributed by atoms with E-state index in [4.69, 9.17) is 4.98 Å². The molecular weight excluding hydrogens is 400 g/mol. The highest BCUT2D eigenvalue weighted by atomic mass is 19.3. The molecule has 2 aliphatic rings. The second-order valence-electron chi connectivity index (χ2n) is 8.02. The van der Waals surface area contributed by atoms with Crippen LogP contribution in [0.4, 0.5) is 14.6 Å². The van der Waals surface area contributed by atoms with Crippen molar-refractivity contribution in [2.24, 2.45) is 0 Å². The van der Waals surface area contributed by atoms with Gasteiger partial charge in [0.05, 0.1) is 17.8 Å². The van der Waals surface area contributed by atoms with E-state index in [1.807, 2.05) is 19.1 Å². The van der Waals surface area contributed by atoms with E-state index in [0.29, 0.717) is 29.8 Å². The minimum absolute atomic E-state index is 0.00119. The number of anilines is 1. The zero-order chi connectivity index (χ0) is 21.7. The molecule has 158 valence electrons. The summed E-state index contributed by atoms with van der Waals surface area (Å²) in [7, 11) is 1.77. The van der Waals surface area contributed by atoms with Crippen molar-refractivity contribution in [1.82, 2.24) is 19.9 Å². The van der Waals surface area contributed by atoms with Gasteiger partial charge in [-0.2, -0.15) is 0 Å². The molecule has 0 unspecified atom stereocenters. The Hall–Kier alpha value is -3.42. The molecule has 3 aromatic rings. The van der Waals surface area contributed by atoms with Gasteiger partial charge in [0, 0.05) is 55.8 Å². The minimum atomic E-state index is -2.65. The molecule has 0 N–H and O–H groups in total. The number of alkyl halides is 2. The number of carbonyl (C=O) groups excluding carboxylic acids is 1. The largest absolute Gasteiger partial charge is 0.352 e. The lowest BCUT2D eigenvalue weighted by Gasteiger charge is -2.31. The van der Waals surface area contributed by atoms with E-state index in [2.05, 4.69) is 14.9 Å². The number of halogens is 2. The molecule has 0 aromatic carbocycles. The van der Waals surface area contributed by atoms with E-state index in [-0.39, 0.29) is 11.6 Å². The first-order valence-corrected chi connectivity index (χ1v) is 10.1. The zero-order valence-electron chi connectivity index (χ0n) is 17.3. The average Bonchev–Trinajstić information content (AvgIpc) is 3.05. The third-order valence-corrected chi connectivity index (χ3v) is 5.92. The smallest absolute Gasteiger partial charge is 0.280 e. The Bertz CT molecular complexity index is 1200. The van der Waals surface area contributed by atoms with Crippen LogP contribution in [0.2, 0.25) is 0 Å².